The molecule has 1 aliphatic rings. The molecule has 2 amide bonds. The van der Waals surface area contributed by atoms with Crippen LogP contribution >= 0.6 is 0 Å². The Balaban J connectivity index is 1.70. The number of carboxylic acids is 1. The molecule has 1 atom stereocenters. The van der Waals surface area contributed by atoms with Gasteiger partial charge < -0.3 is 24.8 Å². The summed E-state index contributed by atoms with van der Waals surface area (Å²) in [4.78, 5) is 38.4. The zero-order valence-electron chi connectivity index (χ0n) is 19.1. The van der Waals surface area contributed by atoms with Gasteiger partial charge in [-0.3, -0.25) is 9.59 Å². The van der Waals surface area contributed by atoms with Gasteiger partial charge >= 0.3 is 12.1 Å². The van der Waals surface area contributed by atoms with Crippen LogP contribution in [0.15, 0.2) is 48.5 Å². The van der Waals surface area contributed by atoms with E-state index in [0.717, 1.165) is 22.3 Å². The molecule has 8 heteroatoms. The van der Waals surface area contributed by atoms with Crippen molar-refractivity contribution < 1.29 is 29.0 Å². The number of carbonyl (C=O) groups is 3. The molecule has 8 nitrogen and oxygen atoms in total. The number of alkyl carbamates (subject to hydrolysis) is 1. The van der Waals surface area contributed by atoms with Crippen LogP contribution in [0.3, 0.4) is 0 Å². The highest BCUT2D eigenvalue weighted by atomic mass is 16.5. The number of nitrogens with one attached hydrogen (secondary N) is 1. The van der Waals surface area contributed by atoms with Crippen molar-refractivity contribution in [2.75, 3.05) is 26.9 Å². The molecule has 0 aliphatic heterocycles. The maximum Gasteiger partial charge on any atom is 0.407 e. The van der Waals surface area contributed by atoms with Gasteiger partial charge in [0.15, 0.2) is 0 Å². The Bertz CT molecular complexity index is 960. The molecule has 0 saturated carbocycles. The predicted molar refractivity (Wildman–Crippen MR) is 123 cm³/mol. The van der Waals surface area contributed by atoms with Crippen molar-refractivity contribution in [3.63, 3.8) is 0 Å². The highest BCUT2D eigenvalue weighted by molar-refractivity contribution is 5.89. The van der Waals surface area contributed by atoms with Gasteiger partial charge in [-0.2, -0.15) is 0 Å². The zero-order chi connectivity index (χ0) is 24.0. The third-order valence-electron chi connectivity index (χ3n) is 5.76. The first kappa shape index (κ1) is 24.3. The fourth-order valence-corrected chi connectivity index (χ4v) is 4.17. The van der Waals surface area contributed by atoms with Crippen LogP contribution in [0, 0.1) is 0 Å². The number of fused-ring (bicyclic) bond motifs is 3. The van der Waals surface area contributed by atoms with Crippen molar-refractivity contribution in [3.8, 4) is 11.1 Å². The lowest BCUT2D eigenvalue weighted by Gasteiger charge is -2.30. The average molecular weight is 455 g/mol. The number of benzene rings is 2. The number of amides is 2. The topological polar surface area (TPSA) is 105 Å². The molecule has 0 heterocycles. The number of carbonyl (C=O) groups excluding carboxylic acids is 2. The van der Waals surface area contributed by atoms with Gasteiger partial charge in [0.2, 0.25) is 5.91 Å². The molecule has 0 aromatic heterocycles. The van der Waals surface area contributed by atoms with Gasteiger partial charge in [0, 0.05) is 25.6 Å². The van der Waals surface area contributed by atoms with E-state index < -0.39 is 30.4 Å². The van der Waals surface area contributed by atoms with Crippen molar-refractivity contribution >= 4 is 18.0 Å². The van der Waals surface area contributed by atoms with E-state index >= 15 is 0 Å². The summed E-state index contributed by atoms with van der Waals surface area (Å²) in [5, 5.41) is 11.7. The van der Waals surface area contributed by atoms with Gasteiger partial charge in [0.25, 0.3) is 0 Å². The number of aliphatic carboxylic acids is 1. The molecule has 1 aliphatic carbocycles. The summed E-state index contributed by atoms with van der Waals surface area (Å²) in [5.74, 6) is -1.81. The maximum absolute atomic E-state index is 13.0. The number of ether oxygens (including phenoxy) is 2. The first-order chi connectivity index (χ1) is 15.8. The summed E-state index contributed by atoms with van der Waals surface area (Å²) in [6.07, 6.45) is -1.37. The second-order valence-corrected chi connectivity index (χ2v) is 8.24. The van der Waals surface area contributed by atoms with E-state index in [9.17, 15) is 19.5 Å². The van der Waals surface area contributed by atoms with E-state index in [0.29, 0.717) is 6.61 Å². The van der Waals surface area contributed by atoms with Gasteiger partial charge in [-0.15, -0.1) is 0 Å². The molecular formula is C25H30N2O6. The molecule has 2 N–H and O–H groups in total. The highest BCUT2D eigenvalue weighted by Crippen LogP contribution is 2.44. The van der Waals surface area contributed by atoms with E-state index in [4.69, 9.17) is 9.47 Å². The molecule has 0 bridgehead atoms. The van der Waals surface area contributed by atoms with E-state index in [1.807, 2.05) is 62.4 Å². The molecule has 0 spiro atoms. The monoisotopic (exact) mass is 454 g/mol. The van der Waals surface area contributed by atoms with Crippen molar-refractivity contribution in [1.82, 2.24) is 10.2 Å². The van der Waals surface area contributed by atoms with E-state index in [1.54, 1.807) is 0 Å². The van der Waals surface area contributed by atoms with E-state index in [-0.39, 0.29) is 25.1 Å². The van der Waals surface area contributed by atoms with Crippen LogP contribution in [0.25, 0.3) is 11.1 Å². The van der Waals surface area contributed by atoms with Crippen LogP contribution < -0.4 is 5.32 Å². The third kappa shape index (κ3) is 5.70. The van der Waals surface area contributed by atoms with Crippen LogP contribution in [0.2, 0.25) is 0 Å². The Morgan fingerprint density at radius 3 is 2.12 bits per heavy atom. The van der Waals surface area contributed by atoms with Crippen LogP contribution in [-0.4, -0.2) is 66.9 Å². The number of methoxy groups -OCH3 is 1. The first-order valence-electron chi connectivity index (χ1n) is 11.0. The number of hydrogen-bond acceptors (Lipinski definition) is 5. The van der Waals surface area contributed by atoms with Crippen LogP contribution in [0.4, 0.5) is 4.79 Å². The van der Waals surface area contributed by atoms with Crippen molar-refractivity contribution in [2.45, 2.75) is 38.3 Å². The smallest absolute Gasteiger partial charge is 0.407 e. The Morgan fingerprint density at radius 1 is 1.03 bits per heavy atom. The zero-order valence-corrected chi connectivity index (χ0v) is 19.1. The molecule has 176 valence electrons. The van der Waals surface area contributed by atoms with Crippen molar-refractivity contribution in [1.29, 1.82) is 0 Å². The molecule has 3 rings (SSSR count). The second-order valence-electron chi connectivity index (χ2n) is 8.24. The molecule has 0 radical (unpaired) electrons. The molecular weight excluding hydrogens is 424 g/mol. The summed E-state index contributed by atoms with van der Waals surface area (Å²) in [5.41, 5.74) is 4.34. The minimum atomic E-state index is -1.24. The number of hydrogen-bond donors (Lipinski definition) is 2. The Hall–Kier alpha value is -3.39. The van der Waals surface area contributed by atoms with Gasteiger partial charge in [0.05, 0.1) is 13.0 Å². The van der Waals surface area contributed by atoms with Gasteiger partial charge in [-0.1, -0.05) is 48.5 Å². The molecule has 0 fully saturated rings. The second kappa shape index (κ2) is 11.0. The Morgan fingerprint density at radius 2 is 1.61 bits per heavy atom. The number of nitrogens with zero attached hydrogens (tertiary/aromatic N) is 1. The number of rotatable bonds is 10. The van der Waals surface area contributed by atoms with Gasteiger partial charge in [0.1, 0.15) is 12.6 Å². The minimum absolute atomic E-state index is 0.0748. The summed E-state index contributed by atoms with van der Waals surface area (Å²) < 4.78 is 10.5. The van der Waals surface area contributed by atoms with Crippen LogP contribution in [0.1, 0.15) is 37.3 Å². The fraction of sp³-hybridized carbons (Fsp3) is 0.400. The standard InChI is InChI=1S/C25H30N2O6/c1-16(2)27(12-13-32-3)24(30)22(14-23(28)29)26-25(31)33-15-21-19-10-6-4-8-17(19)18-9-5-7-11-20(18)21/h4-11,16,21-22H,12-15H2,1-3H3,(H,26,31)(H,28,29). The summed E-state index contributed by atoms with van der Waals surface area (Å²) >= 11 is 0. The van der Waals surface area contributed by atoms with Crippen molar-refractivity contribution in [3.05, 3.63) is 59.7 Å². The fourth-order valence-electron chi connectivity index (χ4n) is 4.17. The lowest BCUT2D eigenvalue weighted by Crippen LogP contribution is -2.52. The Kier molecular flexibility index (Phi) is 8.06. The molecule has 2 aromatic carbocycles. The molecule has 1 unspecified atom stereocenters. The SMILES string of the molecule is COCCN(C(=O)C(CC(=O)O)NC(=O)OCC1c2ccccc2-c2ccccc21)C(C)C. The van der Waals surface area contributed by atoms with Gasteiger partial charge in [-0.05, 0) is 36.1 Å². The third-order valence-corrected chi connectivity index (χ3v) is 5.76. The summed E-state index contributed by atoms with van der Waals surface area (Å²) in [6, 6.07) is 14.5. The van der Waals surface area contributed by atoms with Crippen molar-refractivity contribution in [2.24, 2.45) is 0 Å². The molecule has 0 saturated heterocycles. The lowest BCUT2D eigenvalue weighted by molar-refractivity contribution is -0.143. The molecule has 33 heavy (non-hydrogen) atoms. The first-order valence-corrected chi connectivity index (χ1v) is 11.0. The summed E-state index contributed by atoms with van der Waals surface area (Å²) in [7, 11) is 1.52. The van der Waals surface area contributed by atoms with E-state index in [2.05, 4.69) is 5.32 Å². The normalized spacial score (nSPS) is 13.2. The average Bonchev–Trinajstić information content (AvgIpc) is 3.10. The number of carboxylic acid groups (broad SMARTS) is 1. The largest absolute Gasteiger partial charge is 0.481 e. The Labute approximate surface area is 193 Å². The summed E-state index contributed by atoms with van der Waals surface area (Å²) in [6.45, 7) is 4.30. The predicted octanol–water partition coefficient (Wildman–Crippen LogP) is 3.25. The van der Waals surface area contributed by atoms with Gasteiger partial charge in [-0.25, -0.2) is 4.79 Å². The highest BCUT2D eigenvalue weighted by Gasteiger charge is 2.32. The lowest BCUT2D eigenvalue weighted by atomic mass is 9.98. The maximum atomic E-state index is 13.0. The van der Waals surface area contributed by atoms with Crippen LogP contribution in [-0.2, 0) is 19.1 Å². The van der Waals surface area contributed by atoms with E-state index in [1.165, 1.54) is 12.0 Å². The molecule has 2 aromatic rings. The minimum Gasteiger partial charge on any atom is -0.481 e. The quantitative estimate of drug-likeness (QED) is 0.571. The van der Waals surface area contributed by atoms with Crippen LogP contribution in [0.5, 0.6) is 0 Å².